The standard InChI is InChI=1S/C16H23N5O3/c1-12(22)20-4-6-21(7-5-20)16-18-9-13(10-19-16)15(23)17-11-14-3-2-8-24-14/h9-10,14H,2-8,11H2,1H3,(H,17,23). The Bertz CT molecular complexity index is 578. The minimum absolute atomic E-state index is 0.0915. The topological polar surface area (TPSA) is 87.7 Å². The van der Waals surface area contributed by atoms with Gasteiger partial charge in [-0.2, -0.15) is 0 Å². The van der Waals surface area contributed by atoms with Crippen LogP contribution in [0, 0.1) is 0 Å². The molecule has 1 aromatic rings. The van der Waals surface area contributed by atoms with Crippen molar-refractivity contribution >= 4 is 17.8 Å². The lowest BCUT2D eigenvalue weighted by atomic mass is 10.2. The van der Waals surface area contributed by atoms with E-state index in [9.17, 15) is 9.59 Å². The van der Waals surface area contributed by atoms with Crippen LogP contribution in [0.4, 0.5) is 5.95 Å². The highest BCUT2D eigenvalue weighted by Crippen LogP contribution is 2.12. The molecule has 0 bridgehead atoms. The molecule has 8 heteroatoms. The van der Waals surface area contributed by atoms with E-state index in [1.807, 2.05) is 9.80 Å². The molecule has 0 radical (unpaired) electrons. The van der Waals surface area contributed by atoms with Crippen LogP contribution >= 0.6 is 0 Å². The number of amides is 2. The summed E-state index contributed by atoms with van der Waals surface area (Å²) < 4.78 is 5.48. The summed E-state index contributed by atoms with van der Waals surface area (Å²) in [6.45, 7) is 5.61. The maximum absolute atomic E-state index is 12.1. The van der Waals surface area contributed by atoms with Crippen LogP contribution in [0.15, 0.2) is 12.4 Å². The number of aromatic nitrogens is 2. The summed E-state index contributed by atoms with van der Waals surface area (Å²) in [5.41, 5.74) is 0.444. The molecule has 2 aliphatic rings. The minimum atomic E-state index is -0.182. The normalized spacial score (nSPS) is 21.0. The van der Waals surface area contributed by atoms with Gasteiger partial charge in [0.2, 0.25) is 11.9 Å². The van der Waals surface area contributed by atoms with Crippen molar-refractivity contribution < 1.29 is 14.3 Å². The van der Waals surface area contributed by atoms with Crippen molar-refractivity contribution in [3.05, 3.63) is 18.0 Å². The SMILES string of the molecule is CC(=O)N1CCN(c2ncc(C(=O)NCC3CCCO3)cn2)CC1. The van der Waals surface area contributed by atoms with Gasteiger partial charge in [-0.05, 0) is 12.8 Å². The number of nitrogens with zero attached hydrogens (tertiary/aromatic N) is 4. The molecule has 0 saturated carbocycles. The first-order valence-electron chi connectivity index (χ1n) is 8.36. The van der Waals surface area contributed by atoms with Gasteiger partial charge in [0.05, 0.1) is 11.7 Å². The van der Waals surface area contributed by atoms with E-state index in [2.05, 4.69) is 15.3 Å². The van der Waals surface area contributed by atoms with E-state index in [4.69, 9.17) is 4.74 Å². The molecule has 2 fully saturated rings. The smallest absolute Gasteiger partial charge is 0.254 e. The molecule has 1 atom stereocenters. The van der Waals surface area contributed by atoms with E-state index in [0.29, 0.717) is 44.2 Å². The number of rotatable bonds is 4. The summed E-state index contributed by atoms with van der Waals surface area (Å²) >= 11 is 0. The molecule has 0 aromatic carbocycles. The fourth-order valence-electron chi connectivity index (χ4n) is 2.94. The Hall–Kier alpha value is -2.22. The van der Waals surface area contributed by atoms with Gasteiger partial charge in [-0.15, -0.1) is 0 Å². The monoisotopic (exact) mass is 333 g/mol. The lowest BCUT2D eigenvalue weighted by molar-refractivity contribution is -0.129. The van der Waals surface area contributed by atoms with Gasteiger partial charge in [0.15, 0.2) is 0 Å². The lowest BCUT2D eigenvalue weighted by Crippen LogP contribution is -2.48. The Morgan fingerprint density at radius 1 is 1.25 bits per heavy atom. The first-order valence-corrected chi connectivity index (χ1v) is 8.36. The van der Waals surface area contributed by atoms with Gasteiger partial charge in [0.1, 0.15) is 0 Å². The predicted octanol–water partition coefficient (Wildman–Crippen LogP) is 0.0539. The molecule has 1 unspecified atom stereocenters. The van der Waals surface area contributed by atoms with Crippen molar-refractivity contribution in [2.45, 2.75) is 25.9 Å². The van der Waals surface area contributed by atoms with Crippen molar-refractivity contribution in [3.8, 4) is 0 Å². The Labute approximate surface area is 141 Å². The summed E-state index contributed by atoms with van der Waals surface area (Å²) in [5, 5.41) is 2.86. The highest BCUT2D eigenvalue weighted by Gasteiger charge is 2.21. The fraction of sp³-hybridized carbons (Fsp3) is 0.625. The van der Waals surface area contributed by atoms with Gasteiger partial charge >= 0.3 is 0 Å². The average molecular weight is 333 g/mol. The summed E-state index contributed by atoms with van der Waals surface area (Å²) in [6, 6.07) is 0. The van der Waals surface area contributed by atoms with Crippen LogP contribution in [0.1, 0.15) is 30.1 Å². The summed E-state index contributed by atoms with van der Waals surface area (Å²) in [6.07, 6.45) is 5.25. The third-order valence-corrected chi connectivity index (χ3v) is 4.42. The molecular formula is C16H23N5O3. The van der Waals surface area contributed by atoms with Crippen molar-refractivity contribution in [1.29, 1.82) is 0 Å². The quantitative estimate of drug-likeness (QED) is 0.838. The van der Waals surface area contributed by atoms with Crippen LogP contribution < -0.4 is 10.2 Å². The number of hydrogen-bond donors (Lipinski definition) is 1. The van der Waals surface area contributed by atoms with E-state index >= 15 is 0 Å². The zero-order valence-electron chi connectivity index (χ0n) is 13.9. The predicted molar refractivity (Wildman–Crippen MR) is 87.8 cm³/mol. The van der Waals surface area contributed by atoms with Crippen LogP contribution in [-0.2, 0) is 9.53 Å². The zero-order valence-corrected chi connectivity index (χ0v) is 13.9. The second kappa shape index (κ2) is 7.57. The van der Waals surface area contributed by atoms with E-state index in [1.165, 1.54) is 0 Å². The largest absolute Gasteiger partial charge is 0.376 e. The second-order valence-corrected chi connectivity index (χ2v) is 6.11. The molecule has 8 nitrogen and oxygen atoms in total. The maximum atomic E-state index is 12.1. The third-order valence-electron chi connectivity index (χ3n) is 4.42. The number of anilines is 1. The lowest BCUT2D eigenvalue weighted by Gasteiger charge is -2.34. The average Bonchev–Trinajstić information content (AvgIpc) is 3.13. The van der Waals surface area contributed by atoms with E-state index in [-0.39, 0.29) is 17.9 Å². The van der Waals surface area contributed by atoms with Crippen molar-refractivity contribution in [3.63, 3.8) is 0 Å². The summed E-state index contributed by atoms with van der Waals surface area (Å²) in [7, 11) is 0. The number of carbonyl (C=O) groups excluding carboxylic acids is 2. The molecule has 24 heavy (non-hydrogen) atoms. The Morgan fingerprint density at radius 3 is 2.54 bits per heavy atom. The van der Waals surface area contributed by atoms with Gasteiger partial charge < -0.3 is 19.9 Å². The van der Waals surface area contributed by atoms with Gasteiger partial charge in [0.25, 0.3) is 5.91 Å². The number of nitrogens with one attached hydrogen (secondary N) is 1. The van der Waals surface area contributed by atoms with E-state index < -0.39 is 0 Å². The van der Waals surface area contributed by atoms with Crippen LogP contribution in [0.2, 0.25) is 0 Å². The van der Waals surface area contributed by atoms with Crippen LogP contribution in [-0.4, -0.2) is 72.1 Å². The molecule has 2 saturated heterocycles. The van der Waals surface area contributed by atoms with Crippen LogP contribution in [0.5, 0.6) is 0 Å². The van der Waals surface area contributed by atoms with Crippen molar-refractivity contribution in [2.75, 3.05) is 44.2 Å². The van der Waals surface area contributed by atoms with Crippen LogP contribution in [0.3, 0.4) is 0 Å². The Balaban J connectivity index is 1.51. The molecule has 2 aliphatic heterocycles. The molecule has 1 N–H and O–H groups in total. The third kappa shape index (κ3) is 4.00. The minimum Gasteiger partial charge on any atom is -0.376 e. The highest BCUT2D eigenvalue weighted by atomic mass is 16.5. The summed E-state index contributed by atoms with van der Waals surface area (Å²) in [4.78, 5) is 35.9. The number of ether oxygens (including phenoxy) is 1. The molecular weight excluding hydrogens is 310 g/mol. The molecule has 2 amide bonds. The maximum Gasteiger partial charge on any atom is 0.254 e. The Kier molecular flexibility index (Phi) is 5.24. The van der Waals surface area contributed by atoms with Crippen molar-refractivity contribution in [2.24, 2.45) is 0 Å². The molecule has 3 rings (SSSR count). The van der Waals surface area contributed by atoms with E-state index in [0.717, 1.165) is 19.4 Å². The molecule has 130 valence electrons. The molecule has 3 heterocycles. The Morgan fingerprint density at radius 2 is 1.96 bits per heavy atom. The molecule has 0 spiro atoms. The fourth-order valence-corrected chi connectivity index (χ4v) is 2.94. The van der Waals surface area contributed by atoms with Crippen LogP contribution in [0.25, 0.3) is 0 Å². The molecule has 1 aromatic heterocycles. The second-order valence-electron chi connectivity index (χ2n) is 6.11. The summed E-state index contributed by atoms with van der Waals surface area (Å²) in [5.74, 6) is 0.501. The van der Waals surface area contributed by atoms with Gasteiger partial charge in [0, 0.05) is 58.6 Å². The number of piperazine rings is 1. The number of hydrogen-bond acceptors (Lipinski definition) is 6. The first kappa shape index (κ1) is 16.6. The highest BCUT2D eigenvalue weighted by molar-refractivity contribution is 5.93. The van der Waals surface area contributed by atoms with Gasteiger partial charge in [-0.1, -0.05) is 0 Å². The molecule has 0 aliphatic carbocycles. The first-order chi connectivity index (χ1) is 11.6. The number of carbonyl (C=O) groups is 2. The van der Waals surface area contributed by atoms with E-state index in [1.54, 1.807) is 19.3 Å². The van der Waals surface area contributed by atoms with Gasteiger partial charge in [-0.3, -0.25) is 9.59 Å². The zero-order chi connectivity index (χ0) is 16.9. The van der Waals surface area contributed by atoms with Crippen molar-refractivity contribution in [1.82, 2.24) is 20.2 Å². The van der Waals surface area contributed by atoms with Gasteiger partial charge in [-0.25, -0.2) is 9.97 Å².